The summed E-state index contributed by atoms with van der Waals surface area (Å²) in [5, 5.41) is 3.60. The number of ether oxygens (including phenoxy) is 1. The van der Waals surface area contributed by atoms with Gasteiger partial charge in [0.25, 0.3) is 0 Å². The minimum absolute atomic E-state index is 0.347. The molecule has 0 saturated carbocycles. The van der Waals surface area contributed by atoms with E-state index < -0.39 is 0 Å². The summed E-state index contributed by atoms with van der Waals surface area (Å²) in [7, 11) is 0. The fourth-order valence-corrected chi connectivity index (χ4v) is 3.11. The Kier molecular flexibility index (Phi) is 4.51. The van der Waals surface area contributed by atoms with Crippen molar-refractivity contribution in [2.24, 2.45) is 0 Å². The molecule has 0 radical (unpaired) electrons. The standard InChI is InChI=1S/C18H22N2O/c1-2-20-17(15-6-5-10-19-13-15)12-14-9-11-21-18-8-4-3-7-16(14)18/h3-8,10,13-14,17,20H,2,9,11-12H2,1H3. The lowest BCUT2D eigenvalue weighted by Gasteiger charge is -2.29. The number of nitrogens with zero attached hydrogens (tertiary/aromatic N) is 1. The van der Waals surface area contributed by atoms with Crippen molar-refractivity contribution in [2.75, 3.05) is 13.2 Å². The van der Waals surface area contributed by atoms with Gasteiger partial charge in [-0.2, -0.15) is 0 Å². The molecular weight excluding hydrogens is 260 g/mol. The third-order valence-electron chi connectivity index (χ3n) is 4.14. The fraction of sp³-hybridized carbons (Fsp3) is 0.389. The predicted molar refractivity (Wildman–Crippen MR) is 84.6 cm³/mol. The van der Waals surface area contributed by atoms with E-state index in [2.05, 4.69) is 41.5 Å². The number of para-hydroxylation sites is 1. The van der Waals surface area contributed by atoms with Crippen molar-refractivity contribution < 1.29 is 4.74 Å². The number of rotatable bonds is 5. The maximum Gasteiger partial charge on any atom is 0.122 e. The highest BCUT2D eigenvalue weighted by Crippen LogP contribution is 2.38. The minimum Gasteiger partial charge on any atom is -0.493 e. The van der Waals surface area contributed by atoms with Gasteiger partial charge in [-0.1, -0.05) is 31.2 Å². The zero-order chi connectivity index (χ0) is 14.5. The van der Waals surface area contributed by atoms with Gasteiger partial charge in [0.2, 0.25) is 0 Å². The summed E-state index contributed by atoms with van der Waals surface area (Å²) >= 11 is 0. The molecule has 1 aromatic heterocycles. The van der Waals surface area contributed by atoms with E-state index in [-0.39, 0.29) is 0 Å². The molecule has 110 valence electrons. The third-order valence-corrected chi connectivity index (χ3v) is 4.14. The first-order valence-electron chi connectivity index (χ1n) is 7.73. The molecule has 0 aliphatic carbocycles. The lowest BCUT2D eigenvalue weighted by molar-refractivity contribution is 0.255. The molecule has 0 bridgehead atoms. The van der Waals surface area contributed by atoms with Crippen LogP contribution in [0.5, 0.6) is 5.75 Å². The summed E-state index contributed by atoms with van der Waals surface area (Å²) in [6, 6.07) is 12.9. The van der Waals surface area contributed by atoms with Gasteiger partial charge in [-0.05, 0) is 48.6 Å². The molecule has 2 heterocycles. The number of aromatic nitrogens is 1. The Morgan fingerprint density at radius 3 is 3.00 bits per heavy atom. The molecule has 3 nitrogen and oxygen atoms in total. The lowest BCUT2D eigenvalue weighted by Crippen LogP contribution is -2.25. The maximum absolute atomic E-state index is 5.77. The molecule has 3 rings (SSSR count). The molecule has 2 atom stereocenters. The molecule has 1 N–H and O–H groups in total. The zero-order valence-electron chi connectivity index (χ0n) is 12.5. The minimum atomic E-state index is 0.347. The highest BCUT2D eigenvalue weighted by Gasteiger charge is 2.24. The monoisotopic (exact) mass is 282 g/mol. The number of pyridine rings is 1. The number of fused-ring (bicyclic) bond motifs is 1. The Labute approximate surface area is 126 Å². The Bertz CT molecular complexity index is 570. The van der Waals surface area contributed by atoms with E-state index >= 15 is 0 Å². The molecule has 0 saturated heterocycles. The van der Waals surface area contributed by atoms with Crippen LogP contribution in [0.1, 0.15) is 42.9 Å². The lowest BCUT2D eigenvalue weighted by atomic mass is 9.86. The van der Waals surface area contributed by atoms with Gasteiger partial charge < -0.3 is 10.1 Å². The molecule has 1 aromatic carbocycles. The quantitative estimate of drug-likeness (QED) is 0.908. The van der Waals surface area contributed by atoms with Crippen LogP contribution in [0.2, 0.25) is 0 Å². The first-order valence-corrected chi connectivity index (χ1v) is 7.73. The molecule has 0 fully saturated rings. The van der Waals surface area contributed by atoms with Gasteiger partial charge in [-0.25, -0.2) is 0 Å². The van der Waals surface area contributed by atoms with Gasteiger partial charge in [0, 0.05) is 18.4 Å². The normalized spacial score (nSPS) is 18.6. The van der Waals surface area contributed by atoms with Gasteiger partial charge in [-0.3, -0.25) is 4.98 Å². The summed E-state index contributed by atoms with van der Waals surface area (Å²) in [4.78, 5) is 4.26. The Hall–Kier alpha value is -1.87. The maximum atomic E-state index is 5.77. The van der Waals surface area contributed by atoms with Crippen LogP contribution < -0.4 is 10.1 Å². The fourth-order valence-electron chi connectivity index (χ4n) is 3.11. The Morgan fingerprint density at radius 2 is 2.19 bits per heavy atom. The number of benzene rings is 1. The van der Waals surface area contributed by atoms with Crippen molar-refractivity contribution in [3.05, 3.63) is 59.9 Å². The molecular formula is C18H22N2O. The molecule has 1 aliphatic rings. The number of hydrogen-bond acceptors (Lipinski definition) is 3. The van der Waals surface area contributed by atoms with E-state index in [0.29, 0.717) is 12.0 Å². The number of nitrogens with one attached hydrogen (secondary N) is 1. The Morgan fingerprint density at radius 1 is 1.29 bits per heavy atom. The predicted octanol–water partition coefficient (Wildman–Crippen LogP) is 3.69. The van der Waals surface area contributed by atoms with Gasteiger partial charge in [0.1, 0.15) is 5.75 Å². The van der Waals surface area contributed by atoms with E-state index in [9.17, 15) is 0 Å². The second-order valence-electron chi connectivity index (χ2n) is 5.50. The first kappa shape index (κ1) is 14.1. The van der Waals surface area contributed by atoms with Gasteiger partial charge in [-0.15, -0.1) is 0 Å². The van der Waals surface area contributed by atoms with Crippen molar-refractivity contribution in [3.63, 3.8) is 0 Å². The highest BCUT2D eigenvalue weighted by atomic mass is 16.5. The average Bonchev–Trinajstić information content (AvgIpc) is 2.55. The molecule has 2 aromatic rings. The summed E-state index contributed by atoms with van der Waals surface area (Å²) in [5.41, 5.74) is 2.61. The van der Waals surface area contributed by atoms with Crippen LogP contribution in [-0.2, 0) is 0 Å². The Balaban J connectivity index is 1.81. The topological polar surface area (TPSA) is 34.1 Å². The summed E-state index contributed by atoms with van der Waals surface area (Å²) in [6.45, 7) is 3.93. The van der Waals surface area contributed by atoms with E-state index in [4.69, 9.17) is 4.74 Å². The number of hydrogen-bond donors (Lipinski definition) is 1. The molecule has 21 heavy (non-hydrogen) atoms. The highest BCUT2D eigenvalue weighted by molar-refractivity contribution is 5.38. The molecule has 2 unspecified atom stereocenters. The summed E-state index contributed by atoms with van der Waals surface area (Å²) in [6.07, 6.45) is 5.97. The summed E-state index contributed by atoms with van der Waals surface area (Å²) < 4.78 is 5.77. The van der Waals surface area contributed by atoms with Crippen LogP contribution in [-0.4, -0.2) is 18.1 Å². The molecule has 1 aliphatic heterocycles. The van der Waals surface area contributed by atoms with Crippen LogP contribution in [0.3, 0.4) is 0 Å². The molecule has 3 heteroatoms. The van der Waals surface area contributed by atoms with E-state index in [0.717, 1.165) is 31.7 Å². The molecule has 0 amide bonds. The van der Waals surface area contributed by atoms with Gasteiger partial charge in [0.15, 0.2) is 0 Å². The average molecular weight is 282 g/mol. The first-order chi connectivity index (χ1) is 10.4. The van der Waals surface area contributed by atoms with E-state index in [1.807, 2.05) is 24.5 Å². The van der Waals surface area contributed by atoms with Crippen molar-refractivity contribution in [1.82, 2.24) is 10.3 Å². The smallest absolute Gasteiger partial charge is 0.122 e. The van der Waals surface area contributed by atoms with Gasteiger partial charge in [0.05, 0.1) is 6.61 Å². The second kappa shape index (κ2) is 6.72. The van der Waals surface area contributed by atoms with Crippen LogP contribution in [0, 0.1) is 0 Å². The van der Waals surface area contributed by atoms with Crippen molar-refractivity contribution in [1.29, 1.82) is 0 Å². The summed E-state index contributed by atoms with van der Waals surface area (Å²) in [5.74, 6) is 1.59. The van der Waals surface area contributed by atoms with Crippen LogP contribution >= 0.6 is 0 Å². The van der Waals surface area contributed by atoms with Crippen molar-refractivity contribution in [2.45, 2.75) is 31.7 Å². The van der Waals surface area contributed by atoms with Gasteiger partial charge >= 0.3 is 0 Å². The van der Waals surface area contributed by atoms with E-state index in [1.165, 1.54) is 11.1 Å². The van der Waals surface area contributed by atoms with Crippen LogP contribution in [0.25, 0.3) is 0 Å². The third kappa shape index (κ3) is 3.24. The van der Waals surface area contributed by atoms with E-state index in [1.54, 1.807) is 0 Å². The van der Waals surface area contributed by atoms with Crippen molar-refractivity contribution in [3.8, 4) is 5.75 Å². The second-order valence-corrected chi connectivity index (χ2v) is 5.50. The van der Waals surface area contributed by atoms with Crippen LogP contribution in [0.4, 0.5) is 0 Å². The largest absolute Gasteiger partial charge is 0.493 e. The SMILES string of the molecule is CCNC(CC1CCOc2ccccc21)c1cccnc1. The zero-order valence-corrected chi connectivity index (χ0v) is 12.5. The van der Waals surface area contributed by atoms with Crippen LogP contribution in [0.15, 0.2) is 48.8 Å². The van der Waals surface area contributed by atoms with Crippen molar-refractivity contribution >= 4 is 0 Å². The molecule has 0 spiro atoms.